The molecule has 0 atom stereocenters. The van der Waals surface area contributed by atoms with Crippen LogP contribution in [0.5, 0.6) is 0 Å². The summed E-state index contributed by atoms with van der Waals surface area (Å²) in [5.41, 5.74) is -1.45. The summed E-state index contributed by atoms with van der Waals surface area (Å²) in [4.78, 5) is 21.7. The summed E-state index contributed by atoms with van der Waals surface area (Å²) in [7, 11) is 0. The quantitative estimate of drug-likeness (QED) is 0.513. The average molecular weight is 174 g/mol. The van der Waals surface area contributed by atoms with Crippen molar-refractivity contribution >= 4 is 11.9 Å². The number of carbonyl (C=O) groups is 2. The van der Waals surface area contributed by atoms with Gasteiger partial charge in [0.2, 0.25) is 0 Å². The third-order valence-corrected chi connectivity index (χ3v) is 1.39. The van der Waals surface area contributed by atoms with E-state index in [1.807, 2.05) is 0 Å². The third kappa shape index (κ3) is 2.53. The molecule has 0 aromatic rings. The van der Waals surface area contributed by atoms with Gasteiger partial charge in [0, 0.05) is 0 Å². The van der Waals surface area contributed by atoms with Crippen molar-refractivity contribution in [2.24, 2.45) is 5.41 Å². The van der Waals surface area contributed by atoms with Crippen LogP contribution < -0.4 is 0 Å². The molecule has 0 aliphatic rings. The van der Waals surface area contributed by atoms with Gasteiger partial charge in [-0.3, -0.25) is 9.59 Å². The van der Waals surface area contributed by atoms with E-state index in [0.717, 1.165) is 0 Å². The van der Waals surface area contributed by atoms with Gasteiger partial charge < -0.3 is 9.84 Å². The Kier molecular flexibility index (Phi) is 3.24. The second-order valence-electron chi connectivity index (χ2n) is 3.38. The highest BCUT2D eigenvalue weighted by Crippen LogP contribution is 2.18. The molecule has 0 aliphatic carbocycles. The topological polar surface area (TPSA) is 63.6 Å². The molecule has 0 unspecified atom stereocenters. The largest absolute Gasteiger partial charge is 0.480 e. The molecule has 0 aliphatic heterocycles. The Bertz CT molecular complexity index is 193. The molecule has 12 heavy (non-hydrogen) atoms. The number of carbonyl (C=O) groups excluding carboxylic acids is 1. The van der Waals surface area contributed by atoms with Gasteiger partial charge in [-0.25, -0.2) is 0 Å². The normalized spacial score (nSPS) is 11.4. The second-order valence-corrected chi connectivity index (χ2v) is 3.38. The van der Waals surface area contributed by atoms with Gasteiger partial charge in [0.25, 0.3) is 0 Å². The molecule has 0 saturated heterocycles. The number of esters is 1. The molecule has 4 nitrogen and oxygen atoms in total. The molecule has 0 bridgehead atoms. The van der Waals surface area contributed by atoms with Crippen molar-refractivity contribution in [1.29, 1.82) is 0 Å². The van der Waals surface area contributed by atoms with Gasteiger partial charge in [-0.05, 0) is 27.7 Å². The Morgan fingerprint density at radius 1 is 1.33 bits per heavy atom. The van der Waals surface area contributed by atoms with E-state index in [1.54, 1.807) is 13.8 Å². The van der Waals surface area contributed by atoms with Gasteiger partial charge in [-0.1, -0.05) is 0 Å². The minimum absolute atomic E-state index is 0.281. The van der Waals surface area contributed by atoms with E-state index in [0.29, 0.717) is 0 Å². The summed E-state index contributed by atoms with van der Waals surface area (Å²) in [5, 5.41) is 8.62. The summed E-state index contributed by atoms with van der Waals surface area (Å²) < 4.78 is 4.76. The van der Waals surface area contributed by atoms with E-state index in [1.165, 1.54) is 13.8 Å². The number of hydrogen-bond donors (Lipinski definition) is 1. The minimum atomic E-state index is -1.45. The second kappa shape index (κ2) is 3.56. The highest BCUT2D eigenvalue weighted by molar-refractivity contribution is 5.98. The Balaban J connectivity index is 4.36. The zero-order chi connectivity index (χ0) is 9.94. The Morgan fingerprint density at radius 2 is 1.75 bits per heavy atom. The minimum Gasteiger partial charge on any atom is -0.480 e. The van der Waals surface area contributed by atoms with Crippen LogP contribution in [0, 0.1) is 5.41 Å². The van der Waals surface area contributed by atoms with Crippen molar-refractivity contribution < 1.29 is 19.4 Å². The monoisotopic (exact) mass is 174 g/mol. The SMILES string of the molecule is CC(C)OC(=O)C(C)(C)C(=O)O. The number of carboxylic acid groups (broad SMARTS) is 1. The van der Waals surface area contributed by atoms with Crippen LogP contribution in [-0.2, 0) is 14.3 Å². The lowest BCUT2D eigenvalue weighted by Crippen LogP contribution is -2.36. The molecule has 0 aromatic carbocycles. The smallest absolute Gasteiger partial charge is 0.323 e. The fourth-order valence-electron chi connectivity index (χ4n) is 0.449. The van der Waals surface area contributed by atoms with E-state index in [4.69, 9.17) is 9.84 Å². The molecule has 4 heteroatoms. The van der Waals surface area contributed by atoms with Gasteiger partial charge in [0.1, 0.15) is 0 Å². The van der Waals surface area contributed by atoms with Gasteiger partial charge in [0.15, 0.2) is 5.41 Å². The van der Waals surface area contributed by atoms with E-state index in [9.17, 15) is 9.59 Å². The lowest BCUT2D eigenvalue weighted by atomic mass is 9.94. The number of rotatable bonds is 3. The first-order valence-corrected chi connectivity index (χ1v) is 3.73. The summed E-state index contributed by atoms with van der Waals surface area (Å²) in [6, 6.07) is 0. The summed E-state index contributed by atoms with van der Waals surface area (Å²) in [6.45, 7) is 5.99. The fourth-order valence-corrected chi connectivity index (χ4v) is 0.449. The first-order valence-electron chi connectivity index (χ1n) is 3.73. The Hall–Kier alpha value is -1.06. The van der Waals surface area contributed by atoms with E-state index >= 15 is 0 Å². The number of hydrogen-bond acceptors (Lipinski definition) is 3. The third-order valence-electron chi connectivity index (χ3n) is 1.39. The van der Waals surface area contributed by atoms with Crippen LogP contribution in [-0.4, -0.2) is 23.1 Å². The molecule has 0 radical (unpaired) electrons. The van der Waals surface area contributed by atoms with Gasteiger partial charge >= 0.3 is 11.9 Å². The van der Waals surface area contributed by atoms with E-state index in [2.05, 4.69) is 0 Å². The molecule has 0 fully saturated rings. The van der Waals surface area contributed by atoms with Crippen molar-refractivity contribution in [1.82, 2.24) is 0 Å². The van der Waals surface area contributed by atoms with Crippen molar-refractivity contribution in [3.8, 4) is 0 Å². The summed E-state index contributed by atoms with van der Waals surface area (Å²) in [5.74, 6) is -1.88. The zero-order valence-electron chi connectivity index (χ0n) is 7.75. The molecule has 0 saturated carbocycles. The maximum atomic E-state index is 11.1. The molecule has 0 aromatic heterocycles. The van der Waals surface area contributed by atoms with Crippen LogP contribution >= 0.6 is 0 Å². The molecular weight excluding hydrogens is 160 g/mol. The number of ether oxygens (including phenoxy) is 1. The first kappa shape index (κ1) is 10.9. The molecule has 70 valence electrons. The van der Waals surface area contributed by atoms with Crippen LogP contribution in [0.25, 0.3) is 0 Å². The first-order chi connectivity index (χ1) is 5.28. The molecule has 0 amide bonds. The van der Waals surface area contributed by atoms with Gasteiger partial charge in [0.05, 0.1) is 6.10 Å². The Labute approximate surface area is 71.5 Å². The fraction of sp³-hybridized carbons (Fsp3) is 0.750. The standard InChI is InChI=1S/C8H14O4/c1-5(2)12-7(11)8(3,4)6(9)10/h5H,1-4H3,(H,9,10). The van der Waals surface area contributed by atoms with Crippen LogP contribution in [0.4, 0.5) is 0 Å². The number of carboxylic acids is 1. The summed E-state index contributed by atoms with van der Waals surface area (Å²) in [6.07, 6.45) is -0.281. The molecule has 0 spiro atoms. The van der Waals surface area contributed by atoms with Crippen LogP contribution in [0.1, 0.15) is 27.7 Å². The van der Waals surface area contributed by atoms with Crippen molar-refractivity contribution in [2.45, 2.75) is 33.8 Å². The van der Waals surface area contributed by atoms with Crippen molar-refractivity contribution in [3.63, 3.8) is 0 Å². The van der Waals surface area contributed by atoms with Crippen LogP contribution in [0.3, 0.4) is 0 Å². The maximum Gasteiger partial charge on any atom is 0.323 e. The Morgan fingerprint density at radius 3 is 2.00 bits per heavy atom. The molecule has 1 N–H and O–H groups in total. The average Bonchev–Trinajstić information content (AvgIpc) is 1.85. The van der Waals surface area contributed by atoms with Crippen LogP contribution in [0.2, 0.25) is 0 Å². The lowest BCUT2D eigenvalue weighted by Gasteiger charge is -2.18. The summed E-state index contributed by atoms with van der Waals surface area (Å²) >= 11 is 0. The highest BCUT2D eigenvalue weighted by atomic mass is 16.5. The predicted molar refractivity (Wildman–Crippen MR) is 42.6 cm³/mol. The van der Waals surface area contributed by atoms with E-state index < -0.39 is 17.4 Å². The van der Waals surface area contributed by atoms with Crippen molar-refractivity contribution in [2.75, 3.05) is 0 Å². The lowest BCUT2D eigenvalue weighted by molar-refractivity contribution is -0.168. The molecule has 0 heterocycles. The van der Waals surface area contributed by atoms with Gasteiger partial charge in [-0.15, -0.1) is 0 Å². The van der Waals surface area contributed by atoms with E-state index in [-0.39, 0.29) is 6.10 Å². The van der Waals surface area contributed by atoms with Gasteiger partial charge in [-0.2, -0.15) is 0 Å². The zero-order valence-corrected chi connectivity index (χ0v) is 7.75. The van der Waals surface area contributed by atoms with Crippen molar-refractivity contribution in [3.05, 3.63) is 0 Å². The number of aliphatic carboxylic acids is 1. The maximum absolute atomic E-state index is 11.1. The molecule has 0 rings (SSSR count). The molecular formula is C8H14O4. The highest BCUT2D eigenvalue weighted by Gasteiger charge is 2.38. The van der Waals surface area contributed by atoms with Crippen LogP contribution in [0.15, 0.2) is 0 Å². The predicted octanol–water partition coefficient (Wildman–Crippen LogP) is 1.05.